The Morgan fingerprint density at radius 1 is 0.606 bits per heavy atom. The summed E-state index contributed by atoms with van der Waals surface area (Å²) >= 11 is 0. The second-order valence-electron chi connectivity index (χ2n) is 7.77. The Kier molecular flexibility index (Phi) is 9.56. The molecule has 0 amide bonds. The molecule has 3 N–H and O–H groups in total. The van der Waals surface area contributed by atoms with E-state index in [0.29, 0.717) is 12.1 Å². The first-order valence-electron chi connectivity index (χ1n) is 10.6. The van der Waals surface area contributed by atoms with Gasteiger partial charge < -0.3 is 0 Å². The molecule has 0 saturated heterocycles. The fraction of sp³-hybridized carbons (Fsp3) is 0.429. The van der Waals surface area contributed by atoms with Gasteiger partial charge in [-0.3, -0.25) is 14.2 Å². The van der Waals surface area contributed by atoms with Gasteiger partial charge in [-0.1, -0.05) is 39.0 Å². The van der Waals surface area contributed by atoms with Crippen LogP contribution in [0.2, 0.25) is 0 Å². The molecule has 0 aliphatic heterocycles. The van der Waals surface area contributed by atoms with Crippen molar-refractivity contribution in [2.24, 2.45) is 0 Å². The van der Waals surface area contributed by atoms with E-state index in [1.54, 1.807) is 0 Å². The van der Waals surface area contributed by atoms with E-state index in [-0.39, 0.29) is 22.0 Å². The Bertz CT molecular complexity index is 1210. The van der Waals surface area contributed by atoms with Crippen LogP contribution in [0.15, 0.2) is 53.4 Å². The highest BCUT2D eigenvalue weighted by Crippen LogP contribution is 2.21. The number of nitrogens with one attached hydrogen (secondary N) is 3. The first kappa shape index (κ1) is 26.9. The maximum atomic E-state index is 12.6. The summed E-state index contributed by atoms with van der Waals surface area (Å²) in [5.41, 5.74) is 0.840. The summed E-state index contributed by atoms with van der Waals surface area (Å²) in [4.78, 5) is -0.0419. The summed E-state index contributed by atoms with van der Waals surface area (Å²) in [6.45, 7) is 2.12. The van der Waals surface area contributed by atoms with Gasteiger partial charge in [-0.25, -0.2) is 25.3 Å². The van der Waals surface area contributed by atoms with Crippen LogP contribution in [0, 0.1) is 0 Å². The lowest BCUT2D eigenvalue weighted by Crippen LogP contribution is -2.17. The molecule has 0 radical (unpaired) electrons. The van der Waals surface area contributed by atoms with Gasteiger partial charge in [-0.05, 0) is 55.0 Å². The summed E-state index contributed by atoms with van der Waals surface area (Å²) in [5.74, 6) is 0.0188. The first-order valence-corrected chi connectivity index (χ1v) is 15.6. The van der Waals surface area contributed by atoms with E-state index >= 15 is 0 Å². The van der Waals surface area contributed by atoms with Crippen LogP contribution < -0.4 is 14.2 Å². The third kappa shape index (κ3) is 10.0. The van der Waals surface area contributed by atoms with Crippen LogP contribution in [-0.4, -0.2) is 37.3 Å². The van der Waals surface area contributed by atoms with E-state index in [2.05, 4.69) is 21.1 Å². The Morgan fingerprint density at radius 2 is 1.06 bits per heavy atom. The molecule has 0 aliphatic rings. The van der Waals surface area contributed by atoms with Crippen LogP contribution in [-0.2, 0) is 30.1 Å². The van der Waals surface area contributed by atoms with Crippen LogP contribution >= 0.6 is 0 Å². The lowest BCUT2D eigenvalue weighted by atomic mass is 10.1. The van der Waals surface area contributed by atoms with Crippen LogP contribution in [0.5, 0.6) is 0 Å². The molecule has 12 heteroatoms. The van der Waals surface area contributed by atoms with Gasteiger partial charge in [0.2, 0.25) is 20.0 Å². The predicted molar refractivity (Wildman–Crippen MR) is 133 cm³/mol. The largest absolute Gasteiger partial charge is 0.284 e. The highest BCUT2D eigenvalue weighted by molar-refractivity contribution is 7.93. The number of hydrogen-bond donors (Lipinski definition) is 3. The van der Waals surface area contributed by atoms with E-state index < -0.39 is 30.1 Å². The number of rotatable bonds is 14. The van der Waals surface area contributed by atoms with Crippen LogP contribution in [0.3, 0.4) is 0 Å². The van der Waals surface area contributed by atoms with Crippen molar-refractivity contribution in [2.45, 2.75) is 50.3 Å². The Balaban J connectivity index is 1.95. The minimum absolute atomic E-state index is 0.0188. The molecular weight excluding hydrogens is 486 g/mol. The van der Waals surface area contributed by atoms with Gasteiger partial charge in [0.1, 0.15) is 0 Å². The van der Waals surface area contributed by atoms with Gasteiger partial charge in [-0.2, -0.15) is 0 Å². The molecule has 2 rings (SSSR count). The second kappa shape index (κ2) is 11.7. The number of unbranched alkanes of at least 4 members (excludes halogenated alkanes) is 5. The third-order valence-corrected chi connectivity index (χ3v) is 8.02. The van der Waals surface area contributed by atoms with Crippen molar-refractivity contribution >= 4 is 47.1 Å². The molecule has 0 spiro atoms. The van der Waals surface area contributed by atoms with E-state index in [9.17, 15) is 25.3 Å². The fourth-order valence-corrected chi connectivity index (χ4v) is 5.84. The minimum Gasteiger partial charge on any atom is -0.284 e. The van der Waals surface area contributed by atoms with E-state index in [4.69, 9.17) is 0 Å². The zero-order valence-electron chi connectivity index (χ0n) is 18.7. The summed E-state index contributed by atoms with van der Waals surface area (Å²) in [7, 11) is -10.9. The zero-order chi connectivity index (χ0) is 24.5. The lowest BCUT2D eigenvalue weighted by molar-refractivity contribution is 0.587. The van der Waals surface area contributed by atoms with E-state index in [0.717, 1.165) is 38.4 Å². The summed E-state index contributed by atoms with van der Waals surface area (Å²) in [6, 6.07) is 11.1. The van der Waals surface area contributed by atoms with Gasteiger partial charge in [0.05, 0.1) is 16.9 Å². The fourth-order valence-electron chi connectivity index (χ4n) is 3.04. The normalized spacial score (nSPS) is 12.3. The predicted octanol–water partition coefficient (Wildman–Crippen LogP) is 3.96. The maximum absolute atomic E-state index is 12.6. The molecule has 33 heavy (non-hydrogen) atoms. The summed E-state index contributed by atoms with van der Waals surface area (Å²) < 4.78 is 79.3. The molecule has 2 aromatic rings. The number of hydrogen-bond acceptors (Lipinski definition) is 6. The van der Waals surface area contributed by atoms with Crippen LogP contribution in [0.4, 0.5) is 17.1 Å². The Morgan fingerprint density at radius 3 is 1.61 bits per heavy atom. The van der Waals surface area contributed by atoms with Gasteiger partial charge in [-0.15, -0.1) is 0 Å². The van der Waals surface area contributed by atoms with Crippen molar-refractivity contribution in [1.82, 2.24) is 0 Å². The number of benzene rings is 2. The van der Waals surface area contributed by atoms with Gasteiger partial charge in [0.15, 0.2) is 0 Å². The Hall–Kier alpha value is -2.31. The quantitative estimate of drug-likeness (QED) is 0.324. The van der Waals surface area contributed by atoms with Gasteiger partial charge in [0, 0.05) is 17.1 Å². The van der Waals surface area contributed by atoms with Crippen molar-refractivity contribution in [3.63, 3.8) is 0 Å². The smallest absolute Gasteiger partial charge is 0.261 e. The van der Waals surface area contributed by atoms with Crippen molar-refractivity contribution < 1.29 is 25.3 Å². The molecule has 2 aromatic carbocycles. The molecule has 9 nitrogen and oxygen atoms in total. The number of anilines is 3. The maximum Gasteiger partial charge on any atom is 0.261 e. The molecule has 0 fully saturated rings. The van der Waals surface area contributed by atoms with E-state index in [1.165, 1.54) is 48.5 Å². The van der Waals surface area contributed by atoms with E-state index in [1.807, 2.05) is 0 Å². The summed E-state index contributed by atoms with van der Waals surface area (Å²) in [6.07, 6.45) is 6.86. The monoisotopic (exact) mass is 517 g/mol. The molecule has 0 saturated carbocycles. The average Bonchev–Trinajstić information content (AvgIpc) is 2.71. The molecular formula is C21H31N3O6S3. The minimum atomic E-state index is -3.91. The standard InChI is InChI=1S/C21H31N3O6S3/c1-3-4-5-6-7-8-17-32(27,28)23-19-13-15-21(16-14-19)33(29,30)24-20-11-9-18(10-12-20)22-31(2,25)26/h9-16,22-24H,3-8,17H2,1-2H3. The molecule has 0 atom stereocenters. The molecule has 0 aromatic heterocycles. The molecule has 0 heterocycles. The molecule has 184 valence electrons. The lowest BCUT2D eigenvalue weighted by Gasteiger charge is -2.11. The van der Waals surface area contributed by atoms with Crippen molar-refractivity contribution in [1.29, 1.82) is 0 Å². The zero-order valence-corrected chi connectivity index (χ0v) is 21.2. The van der Waals surface area contributed by atoms with Gasteiger partial charge in [0.25, 0.3) is 10.0 Å². The number of sulfonamides is 3. The van der Waals surface area contributed by atoms with Crippen LogP contribution in [0.25, 0.3) is 0 Å². The molecule has 0 unspecified atom stereocenters. The highest BCUT2D eigenvalue weighted by Gasteiger charge is 2.16. The second-order valence-corrected chi connectivity index (χ2v) is 13.0. The highest BCUT2D eigenvalue weighted by atomic mass is 32.2. The summed E-state index contributed by atoms with van der Waals surface area (Å²) in [5, 5.41) is 0. The topological polar surface area (TPSA) is 139 Å². The van der Waals surface area contributed by atoms with Crippen molar-refractivity contribution in [3.05, 3.63) is 48.5 Å². The Labute approximate surface area is 197 Å². The third-order valence-electron chi connectivity index (χ3n) is 4.64. The molecule has 0 aliphatic carbocycles. The first-order chi connectivity index (χ1) is 15.4. The SMILES string of the molecule is CCCCCCCCS(=O)(=O)Nc1ccc(S(=O)(=O)Nc2ccc(NS(C)(=O)=O)cc2)cc1. The molecule has 0 bridgehead atoms. The van der Waals surface area contributed by atoms with Crippen molar-refractivity contribution in [2.75, 3.05) is 26.2 Å². The van der Waals surface area contributed by atoms with Gasteiger partial charge >= 0.3 is 0 Å². The van der Waals surface area contributed by atoms with Crippen LogP contribution in [0.1, 0.15) is 45.4 Å². The van der Waals surface area contributed by atoms with Crippen molar-refractivity contribution in [3.8, 4) is 0 Å². The average molecular weight is 518 g/mol.